The molecule has 106 valence electrons. The maximum atomic E-state index is 11.7. The lowest BCUT2D eigenvalue weighted by molar-refractivity contribution is 0.123. The van der Waals surface area contributed by atoms with Gasteiger partial charge in [0.15, 0.2) is 0 Å². The van der Waals surface area contributed by atoms with E-state index in [2.05, 4.69) is 24.1 Å². The van der Waals surface area contributed by atoms with Gasteiger partial charge >= 0.3 is 0 Å². The van der Waals surface area contributed by atoms with Crippen LogP contribution in [0.5, 0.6) is 0 Å². The van der Waals surface area contributed by atoms with Crippen LogP contribution in [-0.2, 0) is 6.54 Å². The number of nitrogens with one attached hydrogen (secondary N) is 1. The Hall–Kier alpha value is -1.13. The first-order valence-corrected chi connectivity index (χ1v) is 7.33. The summed E-state index contributed by atoms with van der Waals surface area (Å²) in [6.07, 6.45) is 4.31. The number of piperazine rings is 1. The smallest absolute Gasteiger partial charge is 0.250 e. The molecule has 1 aromatic rings. The van der Waals surface area contributed by atoms with E-state index in [0.29, 0.717) is 12.1 Å². The van der Waals surface area contributed by atoms with E-state index in [1.54, 1.807) is 16.7 Å². The van der Waals surface area contributed by atoms with Gasteiger partial charge in [-0.25, -0.2) is 0 Å². The Morgan fingerprint density at radius 3 is 2.95 bits per heavy atom. The van der Waals surface area contributed by atoms with Gasteiger partial charge in [-0.2, -0.15) is 0 Å². The molecular formula is C15H25N3O. The average Bonchev–Trinajstić information content (AvgIpc) is 2.41. The highest BCUT2D eigenvalue weighted by Gasteiger charge is 2.24. The van der Waals surface area contributed by atoms with E-state index in [0.717, 1.165) is 26.2 Å². The third-order valence-electron chi connectivity index (χ3n) is 3.88. The lowest BCUT2D eigenvalue weighted by atomic mass is 10.1. The van der Waals surface area contributed by atoms with Crippen molar-refractivity contribution in [2.24, 2.45) is 0 Å². The Morgan fingerprint density at radius 2 is 2.21 bits per heavy atom. The van der Waals surface area contributed by atoms with Gasteiger partial charge in [-0.1, -0.05) is 19.4 Å². The molecule has 0 aromatic carbocycles. The minimum absolute atomic E-state index is 0.0951. The number of rotatable bonds is 5. The van der Waals surface area contributed by atoms with Gasteiger partial charge < -0.3 is 9.88 Å². The molecule has 1 aromatic heterocycles. The van der Waals surface area contributed by atoms with Crippen molar-refractivity contribution in [3.05, 3.63) is 34.7 Å². The molecule has 1 aliphatic heterocycles. The summed E-state index contributed by atoms with van der Waals surface area (Å²) in [4.78, 5) is 14.2. The van der Waals surface area contributed by atoms with Crippen LogP contribution >= 0.6 is 0 Å². The molecule has 4 nitrogen and oxygen atoms in total. The van der Waals surface area contributed by atoms with E-state index in [-0.39, 0.29) is 5.56 Å². The molecule has 2 unspecified atom stereocenters. The van der Waals surface area contributed by atoms with E-state index in [1.165, 1.54) is 12.8 Å². The van der Waals surface area contributed by atoms with Crippen LogP contribution in [0.4, 0.5) is 0 Å². The van der Waals surface area contributed by atoms with Crippen LogP contribution in [0.15, 0.2) is 29.2 Å². The zero-order valence-electron chi connectivity index (χ0n) is 12.0. The van der Waals surface area contributed by atoms with Crippen molar-refractivity contribution in [1.29, 1.82) is 0 Å². The first kappa shape index (κ1) is 14.3. The molecule has 2 atom stereocenters. The second-order valence-corrected chi connectivity index (χ2v) is 5.48. The molecule has 1 aliphatic rings. The van der Waals surface area contributed by atoms with E-state index in [9.17, 15) is 4.79 Å². The summed E-state index contributed by atoms with van der Waals surface area (Å²) in [6.45, 7) is 8.35. The Kier molecular flexibility index (Phi) is 5.16. The first-order valence-electron chi connectivity index (χ1n) is 7.33. The van der Waals surface area contributed by atoms with Crippen LogP contribution < -0.4 is 10.9 Å². The van der Waals surface area contributed by atoms with Gasteiger partial charge in [0.25, 0.3) is 5.56 Å². The van der Waals surface area contributed by atoms with Gasteiger partial charge in [-0.05, 0) is 19.4 Å². The minimum Gasteiger partial charge on any atom is -0.314 e. The van der Waals surface area contributed by atoms with Crippen molar-refractivity contribution in [3.63, 3.8) is 0 Å². The van der Waals surface area contributed by atoms with E-state index in [1.807, 2.05) is 12.3 Å². The Morgan fingerprint density at radius 1 is 1.37 bits per heavy atom. The molecule has 1 saturated heterocycles. The number of hydrogen-bond acceptors (Lipinski definition) is 3. The molecular weight excluding hydrogens is 238 g/mol. The summed E-state index contributed by atoms with van der Waals surface area (Å²) < 4.78 is 1.80. The number of pyridine rings is 1. The van der Waals surface area contributed by atoms with Crippen molar-refractivity contribution in [3.8, 4) is 0 Å². The SMILES string of the molecule is CCCC1CNC(C)CN1CCn1ccccc1=O. The van der Waals surface area contributed by atoms with Crippen molar-refractivity contribution in [1.82, 2.24) is 14.8 Å². The topological polar surface area (TPSA) is 37.3 Å². The fraction of sp³-hybridized carbons (Fsp3) is 0.667. The summed E-state index contributed by atoms with van der Waals surface area (Å²) in [7, 11) is 0. The predicted octanol–water partition coefficient (Wildman–Crippen LogP) is 1.31. The van der Waals surface area contributed by atoms with E-state index < -0.39 is 0 Å². The molecule has 0 bridgehead atoms. The standard InChI is InChI=1S/C15H25N3O/c1-3-6-14-11-16-13(2)12-18(14)10-9-17-8-5-4-7-15(17)19/h4-5,7-8,13-14,16H,3,6,9-12H2,1-2H3. The van der Waals surface area contributed by atoms with Crippen LogP contribution in [-0.4, -0.2) is 41.2 Å². The molecule has 0 aliphatic carbocycles. The average molecular weight is 263 g/mol. The predicted molar refractivity (Wildman–Crippen MR) is 78.4 cm³/mol. The maximum absolute atomic E-state index is 11.7. The Labute approximate surface area is 115 Å². The molecule has 0 spiro atoms. The summed E-state index contributed by atoms with van der Waals surface area (Å²) in [5, 5.41) is 3.55. The molecule has 19 heavy (non-hydrogen) atoms. The number of nitrogens with zero attached hydrogens (tertiary/aromatic N) is 2. The second kappa shape index (κ2) is 6.87. The monoisotopic (exact) mass is 263 g/mol. The van der Waals surface area contributed by atoms with Crippen molar-refractivity contribution >= 4 is 0 Å². The van der Waals surface area contributed by atoms with E-state index >= 15 is 0 Å². The molecule has 0 amide bonds. The van der Waals surface area contributed by atoms with Gasteiger partial charge in [0, 0.05) is 50.5 Å². The van der Waals surface area contributed by atoms with Crippen LogP contribution in [0, 0.1) is 0 Å². The fourth-order valence-electron chi connectivity index (χ4n) is 2.80. The number of aromatic nitrogens is 1. The second-order valence-electron chi connectivity index (χ2n) is 5.48. The quantitative estimate of drug-likeness (QED) is 0.870. The van der Waals surface area contributed by atoms with Crippen LogP contribution in [0.25, 0.3) is 0 Å². The van der Waals surface area contributed by atoms with Crippen molar-refractivity contribution < 1.29 is 0 Å². The van der Waals surface area contributed by atoms with Gasteiger partial charge in [-0.15, -0.1) is 0 Å². The van der Waals surface area contributed by atoms with Crippen LogP contribution in [0.3, 0.4) is 0 Å². The molecule has 1 N–H and O–H groups in total. The van der Waals surface area contributed by atoms with Crippen LogP contribution in [0.2, 0.25) is 0 Å². The Bertz CT molecular complexity index is 443. The van der Waals surface area contributed by atoms with Gasteiger partial charge in [-0.3, -0.25) is 9.69 Å². The lowest BCUT2D eigenvalue weighted by Gasteiger charge is -2.39. The zero-order chi connectivity index (χ0) is 13.7. The molecule has 4 heteroatoms. The van der Waals surface area contributed by atoms with Crippen LogP contribution in [0.1, 0.15) is 26.7 Å². The third-order valence-corrected chi connectivity index (χ3v) is 3.88. The third kappa shape index (κ3) is 3.91. The van der Waals surface area contributed by atoms with Crippen molar-refractivity contribution in [2.45, 2.75) is 45.3 Å². The molecule has 0 saturated carbocycles. The summed E-state index contributed by atoms with van der Waals surface area (Å²) in [5.74, 6) is 0. The minimum atomic E-state index is 0.0951. The normalized spacial score (nSPS) is 24.5. The first-order chi connectivity index (χ1) is 9.20. The maximum Gasteiger partial charge on any atom is 0.250 e. The largest absolute Gasteiger partial charge is 0.314 e. The fourth-order valence-corrected chi connectivity index (χ4v) is 2.80. The lowest BCUT2D eigenvalue weighted by Crippen LogP contribution is -2.56. The highest BCUT2D eigenvalue weighted by molar-refractivity contribution is 4.93. The van der Waals surface area contributed by atoms with E-state index in [4.69, 9.17) is 0 Å². The Balaban J connectivity index is 1.95. The summed E-state index contributed by atoms with van der Waals surface area (Å²) in [6, 6.07) is 6.50. The van der Waals surface area contributed by atoms with Gasteiger partial charge in [0.2, 0.25) is 0 Å². The molecule has 2 rings (SSSR count). The summed E-state index contributed by atoms with van der Waals surface area (Å²) in [5.41, 5.74) is 0.0951. The van der Waals surface area contributed by atoms with Crippen molar-refractivity contribution in [2.75, 3.05) is 19.6 Å². The van der Waals surface area contributed by atoms with Gasteiger partial charge in [0.05, 0.1) is 0 Å². The summed E-state index contributed by atoms with van der Waals surface area (Å²) >= 11 is 0. The molecule has 1 fully saturated rings. The number of hydrogen-bond donors (Lipinski definition) is 1. The molecule has 2 heterocycles. The highest BCUT2D eigenvalue weighted by atomic mass is 16.1. The highest BCUT2D eigenvalue weighted by Crippen LogP contribution is 2.12. The zero-order valence-corrected chi connectivity index (χ0v) is 12.0. The molecule has 0 radical (unpaired) electrons. The van der Waals surface area contributed by atoms with Gasteiger partial charge in [0.1, 0.15) is 0 Å².